The zero-order valence-electron chi connectivity index (χ0n) is 15.1. The van der Waals surface area contributed by atoms with Gasteiger partial charge >= 0.3 is 0 Å². The standard InChI is InChI=1S/C20H22FN5O/c21-14-9-17-18(23-11-14)4-1-5-19(17)24-15-6-8-25(12-15)13-20(27)26-7-2-3-16(26)10-22/h1,4-5,9,11,15-16,24H,2-3,6-8,12-13H2/t15-,16?/m1/s1. The van der Waals surface area contributed by atoms with Crippen molar-refractivity contribution in [3.8, 4) is 6.07 Å². The van der Waals surface area contributed by atoms with Crippen LogP contribution in [0.2, 0.25) is 0 Å². The molecule has 6 nitrogen and oxygen atoms in total. The Bertz CT molecular complexity index is 896. The first-order chi connectivity index (χ1) is 13.1. The summed E-state index contributed by atoms with van der Waals surface area (Å²) in [6, 6.07) is 9.33. The summed E-state index contributed by atoms with van der Waals surface area (Å²) in [5.74, 6) is -0.316. The monoisotopic (exact) mass is 367 g/mol. The molecule has 27 heavy (non-hydrogen) atoms. The number of hydrogen-bond acceptors (Lipinski definition) is 5. The molecule has 0 saturated carbocycles. The number of aromatic nitrogens is 1. The van der Waals surface area contributed by atoms with Crippen LogP contribution >= 0.6 is 0 Å². The lowest BCUT2D eigenvalue weighted by molar-refractivity contribution is -0.132. The maximum Gasteiger partial charge on any atom is 0.237 e. The first-order valence-electron chi connectivity index (χ1n) is 9.36. The lowest BCUT2D eigenvalue weighted by atomic mass is 10.1. The second-order valence-electron chi connectivity index (χ2n) is 7.27. The van der Waals surface area contributed by atoms with Crippen LogP contribution in [0.15, 0.2) is 30.5 Å². The van der Waals surface area contributed by atoms with Crippen molar-refractivity contribution < 1.29 is 9.18 Å². The minimum Gasteiger partial charge on any atom is -0.380 e. The number of hydrogen-bond donors (Lipinski definition) is 1. The molecular formula is C20H22FN5O. The van der Waals surface area contributed by atoms with Gasteiger partial charge in [0.15, 0.2) is 0 Å². The average Bonchev–Trinajstić information content (AvgIpc) is 3.31. The fourth-order valence-electron chi connectivity index (χ4n) is 4.05. The van der Waals surface area contributed by atoms with Crippen molar-refractivity contribution in [3.63, 3.8) is 0 Å². The molecule has 1 unspecified atom stereocenters. The zero-order chi connectivity index (χ0) is 18.8. The van der Waals surface area contributed by atoms with Gasteiger partial charge in [-0.3, -0.25) is 14.7 Å². The lowest BCUT2D eigenvalue weighted by Gasteiger charge is -2.23. The van der Waals surface area contributed by atoms with Gasteiger partial charge in [0.1, 0.15) is 11.9 Å². The molecule has 0 radical (unpaired) electrons. The highest BCUT2D eigenvalue weighted by Crippen LogP contribution is 2.25. The van der Waals surface area contributed by atoms with E-state index in [4.69, 9.17) is 5.26 Å². The number of fused-ring (bicyclic) bond motifs is 1. The highest BCUT2D eigenvalue weighted by Gasteiger charge is 2.31. The van der Waals surface area contributed by atoms with Crippen LogP contribution < -0.4 is 5.32 Å². The summed E-state index contributed by atoms with van der Waals surface area (Å²) in [6.07, 6.45) is 3.81. The van der Waals surface area contributed by atoms with Crippen LogP contribution in [0.25, 0.3) is 10.9 Å². The number of benzene rings is 1. The number of rotatable bonds is 4. The quantitative estimate of drug-likeness (QED) is 0.898. The Kier molecular flexibility index (Phi) is 4.90. The predicted molar refractivity (Wildman–Crippen MR) is 101 cm³/mol. The van der Waals surface area contributed by atoms with E-state index in [0.29, 0.717) is 13.1 Å². The molecule has 3 heterocycles. The third kappa shape index (κ3) is 3.71. The zero-order valence-corrected chi connectivity index (χ0v) is 15.1. The van der Waals surface area contributed by atoms with E-state index in [1.807, 2.05) is 18.2 Å². The van der Waals surface area contributed by atoms with E-state index < -0.39 is 0 Å². The maximum atomic E-state index is 13.6. The second-order valence-corrected chi connectivity index (χ2v) is 7.27. The van der Waals surface area contributed by atoms with E-state index >= 15 is 0 Å². The molecule has 2 aromatic rings. The number of carbonyl (C=O) groups excluding carboxylic acids is 1. The van der Waals surface area contributed by atoms with E-state index in [1.54, 1.807) is 4.90 Å². The molecule has 2 fully saturated rings. The molecule has 0 bridgehead atoms. The van der Waals surface area contributed by atoms with Crippen LogP contribution in [0.1, 0.15) is 19.3 Å². The van der Waals surface area contributed by atoms with E-state index in [1.165, 1.54) is 12.3 Å². The van der Waals surface area contributed by atoms with Gasteiger partial charge in [-0.25, -0.2) is 4.39 Å². The highest BCUT2D eigenvalue weighted by atomic mass is 19.1. The molecule has 2 aliphatic rings. The van der Waals surface area contributed by atoms with Gasteiger partial charge in [0, 0.05) is 36.7 Å². The van der Waals surface area contributed by atoms with Crippen molar-refractivity contribution in [2.75, 3.05) is 31.5 Å². The number of amides is 1. The normalized spacial score (nSPS) is 22.9. The van der Waals surface area contributed by atoms with Crippen LogP contribution in [0.3, 0.4) is 0 Å². The third-order valence-corrected chi connectivity index (χ3v) is 5.41. The van der Waals surface area contributed by atoms with Crippen molar-refractivity contribution in [2.24, 2.45) is 0 Å². The minimum atomic E-state index is -0.354. The second kappa shape index (κ2) is 7.49. The topological polar surface area (TPSA) is 72.3 Å². The van der Waals surface area contributed by atoms with E-state index in [9.17, 15) is 9.18 Å². The molecule has 7 heteroatoms. The van der Waals surface area contributed by atoms with Crippen molar-refractivity contribution in [1.82, 2.24) is 14.8 Å². The fourth-order valence-corrected chi connectivity index (χ4v) is 4.05. The molecule has 2 aliphatic heterocycles. The minimum absolute atomic E-state index is 0.0381. The average molecular weight is 367 g/mol. The molecule has 0 spiro atoms. The smallest absolute Gasteiger partial charge is 0.237 e. The molecule has 2 saturated heterocycles. The van der Waals surface area contributed by atoms with E-state index in [0.717, 1.165) is 48.9 Å². The number of halogens is 1. The Morgan fingerprint density at radius 1 is 1.37 bits per heavy atom. The van der Waals surface area contributed by atoms with Crippen LogP contribution in [0.5, 0.6) is 0 Å². The van der Waals surface area contributed by atoms with Crippen molar-refractivity contribution in [3.05, 3.63) is 36.3 Å². The van der Waals surface area contributed by atoms with Crippen LogP contribution in [-0.4, -0.2) is 59.0 Å². The molecule has 140 valence electrons. The first kappa shape index (κ1) is 17.7. The summed E-state index contributed by atoms with van der Waals surface area (Å²) >= 11 is 0. The molecule has 2 atom stereocenters. The Morgan fingerprint density at radius 3 is 3.11 bits per heavy atom. The molecule has 1 N–H and O–H groups in total. The Labute approximate surface area is 157 Å². The lowest BCUT2D eigenvalue weighted by Crippen LogP contribution is -2.42. The number of nitrogens with zero attached hydrogens (tertiary/aromatic N) is 4. The van der Waals surface area contributed by atoms with Crippen LogP contribution in [0, 0.1) is 17.1 Å². The number of carbonyl (C=O) groups is 1. The van der Waals surface area contributed by atoms with Crippen molar-refractivity contribution in [2.45, 2.75) is 31.3 Å². The van der Waals surface area contributed by atoms with Gasteiger partial charge in [0.25, 0.3) is 0 Å². The first-order valence-corrected chi connectivity index (χ1v) is 9.36. The number of pyridine rings is 1. The summed E-state index contributed by atoms with van der Waals surface area (Å²) in [4.78, 5) is 20.5. The molecule has 1 aromatic heterocycles. The summed E-state index contributed by atoms with van der Waals surface area (Å²) in [7, 11) is 0. The molecular weight excluding hydrogens is 345 g/mol. The SMILES string of the molecule is N#CC1CCCN1C(=O)CN1CC[C@@H](Nc2cccc3ncc(F)cc23)C1. The fraction of sp³-hybridized carbons (Fsp3) is 0.450. The van der Waals surface area contributed by atoms with E-state index in [-0.39, 0.29) is 23.8 Å². The van der Waals surface area contributed by atoms with Crippen molar-refractivity contribution in [1.29, 1.82) is 5.26 Å². The van der Waals surface area contributed by atoms with Gasteiger partial charge in [-0.1, -0.05) is 6.07 Å². The molecule has 4 rings (SSSR count). The van der Waals surface area contributed by atoms with Gasteiger partial charge < -0.3 is 10.2 Å². The third-order valence-electron chi connectivity index (χ3n) is 5.41. The van der Waals surface area contributed by atoms with Gasteiger partial charge in [-0.05, 0) is 37.5 Å². The van der Waals surface area contributed by atoms with Gasteiger partial charge in [0.2, 0.25) is 5.91 Å². The highest BCUT2D eigenvalue weighted by molar-refractivity contribution is 5.91. The largest absolute Gasteiger partial charge is 0.380 e. The number of anilines is 1. The predicted octanol–water partition coefficient (Wildman–Crippen LogP) is 2.37. The Morgan fingerprint density at radius 2 is 2.26 bits per heavy atom. The summed E-state index contributed by atoms with van der Waals surface area (Å²) in [6.45, 7) is 2.60. The maximum absolute atomic E-state index is 13.6. The van der Waals surface area contributed by atoms with Crippen LogP contribution in [0.4, 0.5) is 10.1 Å². The van der Waals surface area contributed by atoms with Crippen molar-refractivity contribution >= 4 is 22.5 Å². The van der Waals surface area contributed by atoms with Gasteiger partial charge in [-0.2, -0.15) is 5.26 Å². The molecule has 1 amide bonds. The summed E-state index contributed by atoms with van der Waals surface area (Å²) in [5.41, 5.74) is 1.62. The summed E-state index contributed by atoms with van der Waals surface area (Å²) < 4.78 is 13.6. The number of nitrogens with one attached hydrogen (secondary N) is 1. The number of nitriles is 1. The van der Waals surface area contributed by atoms with E-state index in [2.05, 4.69) is 21.3 Å². The van der Waals surface area contributed by atoms with Crippen LogP contribution in [-0.2, 0) is 4.79 Å². The van der Waals surface area contributed by atoms with Gasteiger partial charge in [0.05, 0.1) is 24.3 Å². The Hall–Kier alpha value is -2.72. The Balaban J connectivity index is 1.38. The molecule has 0 aliphatic carbocycles. The summed E-state index contributed by atoms with van der Waals surface area (Å²) in [5, 5.41) is 13.4. The van der Waals surface area contributed by atoms with Gasteiger partial charge in [-0.15, -0.1) is 0 Å². The number of likely N-dealkylation sites (tertiary alicyclic amines) is 2. The molecule has 1 aromatic carbocycles.